The highest BCUT2D eigenvalue weighted by molar-refractivity contribution is 9.10. The lowest BCUT2D eigenvalue weighted by Gasteiger charge is -2.14. The van der Waals surface area contributed by atoms with Crippen molar-refractivity contribution in [2.24, 2.45) is 0 Å². The van der Waals surface area contributed by atoms with Gasteiger partial charge in [-0.3, -0.25) is 4.79 Å². The van der Waals surface area contributed by atoms with E-state index < -0.39 is 0 Å². The van der Waals surface area contributed by atoms with Crippen LogP contribution < -0.4 is 5.32 Å². The molecule has 5 heteroatoms. The normalized spacial score (nSPS) is 23.1. The van der Waals surface area contributed by atoms with Gasteiger partial charge >= 0.3 is 0 Å². The van der Waals surface area contributed by atoms with E-state index in [0.29, 0.717) is 5.56 Å². The van der Waals surface area contributed by atoms with Crippen LogP contribution in [0.1, 0.15) is 29.6 Å². The monoisotopic (exact) mass is 329 g/mol. The minimum absolute atomic E-state index is 0.0560. The topological polar surface area (TPSA) is 38.3 Å². The van der Waals surface area contributed by atoms with Gasteiger partial charge in [-0.15, -0.1) is 12.6 Å². The number of carbonyl (C=O) groups excluding carboxylic acids is 1. The zero-order valence-electron chi connectivity index (χ0n) is 10.1. The van der Waals surface area contributed by atoms with E-state index in [0.717, 1.165) is 28.6 Å². The van der Waals surface area contributed by atoms with Gasteiger partial charge in [0.05, 0.1) is 11.7 Å². The Morgan fingerprint density at radius 3 is 2.94 bits per heavy atom. The van der Waals surface area contributed by atoms with Gasteiger partial charge in [0.25, 0.3) is 5.91 Å². The molecule has 1 aliphatic carbocycles. The number of nitrogens with one attached hydrogen (secondary N) is 1. The molecule has 0 bridgehead atoms. The molecule has 1 fully saturated rings. The SMILES string of the molecule is COC1CCC(NC(=O)c2cc(S)ccc2Br)C1. The van der Waals surface area contributed by atoms with Crippen LogP contribution in [0.15, 0.2) is 27.6 Å². The maximum Gasteiger partial charge on any atom is 0.252 e. The maximum absolute atomic E-state index is 12.2. The van der Waals surface area contributed by atoms with Crippen molar-refractivity contribution in [3.63, 3.8) is 0 Å². The molecule has 1 aromatic rings. The van der Waals surface area contributed by atoms with Gasteiger partial charge < -0.3 is 10.1 Å². The number of ether oxygens (including phenoxy) is 1. The van der Waals surface area contributed by atoms with Gasteiger partial charge in [-0.05, 0) is 53.4 Å². The molecule has 3 nitrogen and oxygen atoms in total. The van der Waals surface area contributed by atoms with Gasteiger partial charge in [-0.2, -0.15) is 0 Å². The summed E-state index contributed by atoms with van der Waals surface area (Å²) in [6, 6.07) is 5.66. The molecule has 0 spiro atoms. The Balaban J connectivity index is 2.02. The van der Waals surface area contributed by atoms with Gasteiger partial charge in [-0.25, -0.2) is 0 Å². The highest BCUT2D eigenvalue weighted by atomic mass is 79.9. The smallest absolute Gasteiger partial charge is 0.252 e. The number of benzene rings is 1. The summed E-state index contributed by atoms with van der Waals surface area (Å²) in [6.07, 6.45) is 3.15. The van der Waals surface area contributed by atoms with Gasteiger partial charge in [0.1, 0.15) is 0 Å². The van der Waals surface area contributed by atoms with Crippen LogP contribution in [0.25, 0.3) is 0 Å². The molecular formula is C13H16BrNO2S. The van der Waals surface area contributed by atoms with Crippen molar-refractivity contribution in [3.8, 4) is 0 Å². The van der Waals surface area contributed by atoms with E-state index in [1.807, 2.05) is 12.1 Å². The van der Waals surface area contributed by atoms with E-state index in [1.54, 1.807) is 13.2 Å². The Hall–Kier alpha value is -0.520. The van der Waals surface area contributed by atoms with Crippen molar-refractivity contribution in [1.82, 2.24) is 5.32 Å². The second kappa shape index (κ2) is 6.08. The Morgan fingerprint density at radius 2 is 2.28 bits per heavy atom. The average Bonchev–Trinajstić information content (AvgIpc) is 2.80. The van der Waals surface area contributed by atoms with E-state index >= 15 is 0 Å². The van der Waals surface area contributed by atoms with Crippen LogP contribution in [0.3, 0.4) is 0 Å². The minimum Gasteiger partial charge on any atom is -0.381 e. The van der Waals surface area contributed by atoms with Crippen LogP contribution in [0, 0.1) is 0 Å². The first-order valence-electron chi connectivity index (χ1n) is 5.92. The van der Waals surface area contributed by atoms with E-state index in [4.69, 9.17) is 4.74 Å². The largest absolute Gasteiger partial charge is 0.381 e. The number of thiol groups is 1. The highest BCUT2D eigenvalue weighted by Gasteiger charge is 2.26. The fourth-order valence-corrected chi connectivity index (χ4v) is 2.87. The zero-order chi connectivity index (χ0) is 13.1. The first-order chi connectivity index (χ1) is 8.60. The summed E-state index contributed by atoms with van der Waals surface area (Å²) in [4.78, 5) is 12.9. The Kier molecular flexibility index (Phi) is 4.70. The number of amides is 1. The number of carbonyl (C=O) groups is 1. The highest BCUT2D eigenvalue weighted by Crippen LogP contribution is 2.24. The van der Waals surface area contributed by atoms with Crippen molar-refractivity contribution < 1.29 is 9.53 Å². The lowest BCUT2D eigenvalue weighted by molar-refractivity contribution is 0.0914. The molecule has 1 N–H and O–H groups in total. The Morgan fingerprint density at radius 1 is 1.50 bits per heavy atom. The van der Waals surface area contributed by atoms with Crippen molar-refractivity contribution >= 4 is 34.5 Å². The third-order valence-corrected chi connectivity index (χ3v) is 4.22. The zero-order valence-corrected chi connectivity index (χ0v) is 12.6. The summed E-state index contributed by atoms with van der Waals surface area (Å²) in [5.41, 5.74) is 0.628. The first-order valence-corrected chi connectivity index (χ1v) is 7.16. The third-order valence-electron chi connectivity index (χ3n) is 3.25. The van der Waals surface area contributed by atoms with E-state index in [9.17, 15) is 4.79 Å². The molecule has 1 aromatic carbocycles. The van der Waals surface area contributed by atoms with Crippen molar-refractivity contribution in [1.29, 1.82) is 0 Å². The number of hydrogen-bond donors (Lipinski definition) is 2. The minimum atomic E-state index is -0.0560. The fourth-order valence-electron chi connectivity index (χ4n) is 2.24. The molecule has 2 unspecified atom stereocenters. The van der Waals surface area contributed by atoms with Gasteiger partial charge in [0.15, 0.2) is 0 Å². The average molecular weight is 330 g/mol. The summed E-state index contributed by atoms with van der Waals surface area (Å²) in [5.74, 6) is -0.0560. The predicted molar refractivity (Wildman–Crippen MR) is 77.3 cm³/mol. The summed E-state index contributed by atoms with van der Waals surface area (Å²) in [7, 11) is 1.72. The van der Waals surface area contributed by atoms with Gasteiger partial charge in [-0.1, -0.05) is 0 Å². The summed E-state index contributed by atoms with van der Waals surface area (Å²) < 4.78 is 6.09. The van der Waals surface area contributed by atoms with Crippen molar-refractivity contribution in [2.75, 3.05) is 7.11 Å². The molecule has 2 atom stereocenters. The third kappa shape index (κ3) is 3.28. The second-order valence-electron chi connectivity index (χ2n) is 4.51. The van der Waals surface area contributed by atoms with Crippen LogP contribution in [0.4, 0.5) is 0 Å². The first kappa shape index (κ1) is 13.9. The van der Waals surface area contributed by atoms with E-state index in [-0.39, 0.29) is 18.1 Å². The molecule has 98 valence electrons. The standard InChI is InChI=1S/C13H16BrNO2S/c1-17-9-3-2-8(6-9)15-13(16)11-7-10(18)4-5-12(11)14/h4-5,7-9,18H,2-3,6H2,1H3,(H,15,16). The van der Waals surface area contributed by atoms with E-state index in [1.165, 1.54) is 0 Å². The van der Waals surface area contributed by atoms with Crippen LogP contribution in [0.5, 0.6) is 0 Å². The van der Waals surface area contributed by atoms with Gasteiger partial charge in [0.2, 0.25) is 0 Å². The maximum atomic E-state index is 12.2. The molecule has 0 aromatic heterocycles. The number of halogens is 1. The molecule has 1 amide bonds. The van der Waals surface area contributed by atoms with Crippen molar-refractivity contribution in [2.45, 2.75) is 36.3 Å². The molecule has 0 heterocycles. The van der Waals surface area contributed by atoms with Crippen LogP contribution in [0.2, 0.25) is 0 Å². The Labute approximate surface area is 121 Å². The second-order valence-corrected chi connectivity index (χ2v) is 5.88. The summed E-state index contributed by atoms with van der Waals surface area (Å²) in [6.45, 7) is 0. The van der Waals surface area contributed by atoms with Crippen molar-refractivity contribution in [3.05, 3.63) is 28.2 Å². The van der Waals surface area contributed by atoms with Crippen LogP contribution in [-0.4, -0.2) is 25.2 Å². The predicted octanol–water partition coefficient (Wildman–Crippen LogP) is 3.04. The molecular weight excluding hydrogens is 314 g/mol. The fraction of sp³-hybridized carbons (Fsp3) is 0.462. The van der Waals surface area contributed by atoms with E-state index in [2.05, 4.69) is 33.9 Å². The number of rotatable bonds is 3. The Bertz CT molecular complexity index is 453. The molecule has 0 aliphatic heterocycles. The molecule has 0 saturated heterocycles. The molecule has 0 radical (unpaired) electrons. The van der Waals surface area contributed by atoms with Crippen LogP contribution in [-0.2, 0) is 4.74 Å². The molecule has 1 saturated carbocycles. The van der Waals surface area contributed by atoms with Crippen LogP contribution >= 0.6 is 28.6 Å². The van der Waals surface area contributed by atoms with Gasteiger partial charge in [0, 0.05) is 22.5 Å². The number of hydrogen-bond acceptors (Lipinski definition) is 3. The molecule has 1 aliphatic rings. The quantitative estimate of drug-likeness (QED) is 0.836. The lowest BCUT2D eigenvalue weighted by Crippen LogP contribution is -2.33. The molecule has 18 heavy (non-hydrogen) atoms. The molecule has 2 rings (SSSR count). The summed E-state index contributed by atoms with van der Waals surface area (Å²) >= 11 is 7.64. The lowest BCUT2D eigenvalue weighted by atomic mass is 10.2. The summed E-state index contributed by atoms with van der Waals surface area (Å²) in [5, 5.41) is 3.04. The number of methoxy groups -OCH3 is 1.